The van der Waals surface area contributed by atoms with Crippen LogP contribution in [0.15, 0.2) is 65.8 Å². The van der Waals surface area contributed by atoms with E-state index in [1.54, 1.807) is 7.11 Å². The predicted octanol–water partition coefficient (Wildman–Crippen LogP) is 4.30. The van der Waals surface area contributed by atoms with Gasteiger partial charge in [0.2, 0.25) is 5.95 Å². The van der Waals surface area contributed by atoms with Crippen molar-refractivity contribution in [2.45, 2.75) is 13.8 Å². The van der Waals surface area contributed by atoms with Crippen molar-refractivity contribution in [3.05, 3.63) is 71.9 Å². The number of aryl methyl sites for hydroxylation is 1. The third kappa shape index (κ3) is 4.20. The minimum Gasteiger partial charge on any atom is -0.497 e. The van der Waals surface area contributed by atoms with Gasteiger partial charge in [-0.3, -0.25) is 0 Å². The molecule has 0 aliphatic rings. The van der Waals surface area contributed by atoms with Gasteiger partial charge in [-0.05, 0) is 49.7 Å². The smallest absolute Gasteiger partial charge is 0.244 e. The van der Waals surface area contributed by atoms with Crippen LogP contribution in [-0.2, 0) is 0 Å². The molecule has 2 aromatic carbocycles. The maximum absolute atomic E-state index is 5.17. The van der Waals surface area contributed by atoms with E-state index >= 15 is 0 Å². The molecule has 1 heterocycles. The van der Waals surface area contributed by atoms with E-state index in [0.29, 0.717) is 5.95 Å². The Hall–Kier alpha value is -3.21. The van der Waals surface area contributed by atoms with Crippen molar-refractivity contribution in [2.24, 2.45) is 5.10 Å². The van der Waals surface area contributed by atoms with Crippen molar-refractivity contribution in [3.8, 4) is 17.0 Å². The van der Waals surface area contributed by atoms with Gasteiger partial charge in [0.1, 0.15) is 5.75 Å². The Morgan fingerprint density at radius 2 is 1.72 bits per heavy atom. The van der Waals surface area contributed by atoms with Crippen LogP contribution in [0.4, 0.5) is 5.95 Å². The largest absolute Gasteiger partial charge is 0.497 e. The van der Waals surface area contributed by atoms with E-state index in [0.717, 1.165) is 34.0 Å². The quantitative estimate of drug-likeness (QED) is 0.559. The average Bonchev–Trinajstić information content (AvgIpc) is 2.66. The van der Waals surface area contributed by atoms with Crippen molar-refractivity contribution in [3.63, 3.8) is 0 Å². The fourth-order valence-corrected chi connectivity index (χ4v) is 2.41. The highest BCUT2D eigenvalue weighted by Gasteiger charge is 2.04. The number of hydrazone groups is 1. The zero-order valence-corrected chi connectivity index (χ0v) is 14.5. The Morgan fingerprint density at radius 1 is 1.00 bits per heavy atom. The predicted molar refractivity (Wildman–Crippen MR) is 101 cm³/mol. The summed E-state index contributed by atoms with van der Waals surface area (Å²) < 4.78 is 5.17. The summed E-state index contributed by atoms with van der Waals surface area (Å²) in [5.41, 5.74) is 7.60. The number of benzene rings is 2. The average molecular weight is 332 g/mol. The molecule has 0 saturated carbocycles. The van der Waals surface area contributed by atoms with Gasteiger partial charge >= 0.3 is 0 Å². The monoisotopic (exact) mass is 332 g/mol. The van der Waals surface area contributed by atoms with E-state index in [4.69, 9.17) is 4.74 Å². The summed E-state index contributed by atoms with van der Waals surface area (Å²) in [5.74, 6) is 1.30. The molecular formula is C20H20N4O. The van der Waals surface area contributed by atoms with Crippen LogP contribution in [0.25, 0.3) is 11.3 Å². The summed E-state index contributed by atoms with van der Waals surface area (Å²) in [6.07, 6.45) is 0. The number of methoxy groups -OCH3 is 1. The van der Waals surface area contributed by atoms with Crippen molar-refractivity contribution in [1.82, 2.24) is 9.97 Å². The Labute approximate surface area is 147 Å². The number of anilines is 1. The van der Waals surface area contributed by atoms with Gasteiger partial charge in [0.15, 0.2) is 0 Å². The molecule has 3 aromatic rings. The Kier molecular flexibility index (Phi) is 5.04. The molecule has 0 fully saturated rings. The van der Waals surface area contributed by atoms with E-state index in [9.17, 15) is 0 Å². The second-order valence-corrected chi connectivity index (χ2v) is 5.62. The van der Waals surface area contributed by atoms with Gasteiger partial charge < -0.3 is 4.74 Å². The third-order valence-electron chi connectivity index (χ3n) is 3.76. The van der Waals surface area contributed by atoms with Crippen molar-refractivity contribution >= 4 is 11.7 Å². The van der Waals surface area contributed by atoms with E-state index < -0.39 is 0 Å². The standard InChI is InChI=1S/C20H20N4O/c1-14-13-19(17-7-5-4-6-8-17)22-20(21-14)24-23-15(2)16-9-11-18(25-3)12-10-16/h4-13H,1-3H3,(H,21,22,24)/b23-15+. The normalized spacial score (nSPS) is 11.2. The number of aromatic nitrogens is 2. The Morgan fingerprint density at radius 3 is 2.40 bits per heavy atom. The number of ether oxygens (including phenoxy) is 1. The maximum Gasteiger partial charge on any atom is 0.244 e. The molecule has 0 atom stereocenters. The van der Waals surface area contributed by atoms with Crippen molar-refractivity contribution in [1.29, 1.82) is 0 Å². The minimum absolute atomic E-state index is 0.478. The third-order valence-corrected chi connectivity index (χ3v) is 3.76. The summed E-state index contributed by atoms with van der Waals surface area (Å²) in [4.78, 5) is 8.95. The summed E-state index contributed by atoms with van der Waals surface area (Å²) >= 11 is 0. The highest BCUT2D eigenvalue weighted by Crippen LogP contribution is 2.19. The SMILES string of the molecule is COc1ccc(/C(C)=N/Nc2nc(C)cc(-c3ccccc3)n2)cc1. The van der Waals surface area contributed by atoms with Crippen LogP contribution in [-0.4, -0.2) is 22.8 Å². The number of nitrogens with one attached hydrogen (secondary N) is 1. The zero-order valence-electron chi connectivity index (χ0n) is 14.5. The van der Waals surface area contributed by atoms with Crippen LogP contribution in [0.5, 0.6) is 5.75 Å². The highest BCUT2D eigenvalue weighted by atomic mass is 16.5. The van der Waals surface area contributed by atoms with Crippen LogP contribution < -0.4 is 10.2 Å². The molecule has 3 rings (SSSR count). The summed E-state index contributed by atoms with van der Waals surface area (Å²) in [6, 6.07) is 19.7. The van der Waals surface area contributed by atoms with E-state index in [1.807, 2.05) is 74.5 Å². The molecule has 5 nitrogen and oxygen atoms in total. The zero-order chi connectivity index (χ0) is 17.6. The van der Waals surface area contributed by atoms with Crippen molar-refractivity contribution < 1.29 is 4.74 Å². The number of nitrogens with zero attached hydrogens (tertiary/aromatic N) is 3. The lowest BCUT2D eigenvalue weighted by atomic mass is 10.1. The maximum atomic E-state index is 5.17. The summed E-state index contributed by atoms with van der Waals surface area (Å²) in [6.45, 7) is 3.88. The first kappa shape index (κ1) is 16.6. The van der Waals surface area contributed by atoms with Crippen molar-refractivity contribution in [2.75, 3.05) is 12.5 Å². The Bertz CT molecular complexity index is 874. The lowest BCUT2D eigenvalue weighted by Gasteiger charge is -2.07. The molecule has 0 aliphatic carbocycles. The highest BCUT2D eigenvalue weighted by molar-refractivity contribution is 5.99. The summed E-state index contributed by atoms with van der Waals surface area (Å²) in [7, 11) is 1.65. The summed E-state index contributed by atoms with van der Waals surface area (Å²) in [5, 5.41) is 4.40. The topological polar surface area (TPSA) is 59.4 Å². The fraction of sp³-hybridized carbons (Fsp3) is 0.150. The molecule has 126 valence electrons. The lowest BCUT2D eigenvalue weighted by molar-refractivity contribution is 0.415. The van der Waals surface area contributed by atoms with Gasteiger partial charge in [-0.25, -0.2) is 15.4 Å². The molecule has 5 heteroatoms. The van der Waals surface area contributed by atoms with Gasteiger partial charge in [-0.2, -0.15) is 5.10 Å². The molecule has 0 aliphatic heterocycles. The van der Waals surface area contributed by atoms with Crippen LogP contribution >= 0.6 is 0 Å². The number of hydrogen-bond donors (Lipinski definition) is 1. The molecule has 0 saturated heterocycles. The van der Waals surface area contributed by atoms with Crippen LogP contribution in [0.1, 0.15) is 18.2 Å². The molecule has 1 N–H and O–H groups in total. The second kappa shape index (κ2) is 7.57. The van der Waals surface area contributed by atoms with E-state index in [2.05, 4.69) is 20.5 Å². The van der Waals surface area contributed by atoms with Gasteiger partial charge in [-0.15, -0.1) is 0 Å². The van der Waals surface area contributed by atoms with Crippen LogP contribution in [0.2, 0.25) is 0 Å². The molecule has 0 radical (unpaired) electrons. The molecule has 0 amide bonds. The molecule has 1 aromatic heterocycles. The van der Waals surface area contributed by atoms with Gasteiger partial charge in [0.05, 0.1) is 18.5 Å². The first-order chi connectivity index (χ1) is 12.2. The first-order valence-electron chi connectivity index (χ1n) is 8.01. The van der Waals surface area contributed by atoms with E-state index in [1.165, 1.54) is 0 Å². The minimum atomic E-state index is 0.478. The number of rotatable bonds is 5. The molecular weight excluding hydrogens is 312 g/mol. The van der Waals surface area contributed by atoms with Crippen LogP contribution in [0.3, 0.4) is 0 Å². The fourth-order valence-electron chi connectivity index (χ4n) is 2.41. The Balaban J connectivity index is 1.81. The van der Waals surface area contributed by atoms with Crippen LogP contribution in [0, 0.1) is 6.92 Å². The van der Waals surface area contributed by atoms with Gasteiger partial charge in [0.25, 0.3) is 0 Å². The lowest BCUT2D eigenvalue weighted by Crippen LogP contribution is -2.04. The molecule has 0 spiro atoms. The first-order valence-corrected chi connectivity index (χ1v) is 8.01. The molecule has 0 bridgehead atoms. The van der Waals surface area contributed by atoms with Gasteiger partial charge in [-0.1, -0.05) is 30.3 Å². The number of hydrogen-bond acceptors (Lipinski definition) is 5. The molecule has 25 heavy (non-hydrogen) atoms. The van der Waals surface area contributed by atoms with Gasteiger partial charge in [0, 0.05) is 11.3 Å². The second-order valence-electron chi connectivity index (χ2n) is 5.62. The molecule has 0 unspecified atom stereocenters. The van der Waals surface area contributed by atoms with E-state index in [-0.39, 0.29) is 0 Å².